The van der Waals surface area contributed by atoms with Crippen LogP contribution in [0, 0.1) is 0 Å². The van der Waals surface area contributed by atoms with Crippen LogP contribution in [0.15, 0.2) is 30.7 Å². The maximum absolute atomic E-state index is 11.9. The number of pyridine rings is 1. The highest BCUT2D eigenvalue weighted by Gasteiger charge is 2.24. The van der Waals surface area contributed by atoms with E-state index in [0.717, 1.165) is 12.0 Å². The molecule has 0 aromatic carbocycles. The van der Waals surface area contributed by atoms with Gasteiger partial charge in [0.15, 0.2) is 0 Å². The van der Waals surface area contributed by atoms with E-state index in [4.69, 9.17) is 10.5 Å². The topological polar surface area (TPSA) is 68.5 Å². The Hall–Kier alpha value is -2.04. The summed E-state index contributed by atoms with van der Waals surface area (Å²) in [6.45, 7) is 10.2. The molecule has 0 bridgehead atoms. The van der Waals surface area contributed by atoms with Crippen LogP contribution in [0.3, 0.4) is 0 Å². The van der Waals surface area contributed by atoms with E-state index in [9.17, 15) is 4.79 Å². The highest BCUT2D eigenvalue weighted by Crippen LogP contribution is 2.26. The lowest BCUT2D eigenvalue weighted by Gasteiger charge is -2.29. The number of carbonyl (C=O) groups is 1. The van der Waals surface area contributed by atoms with E-state index in [0.29, 0.717) is 12.2 Å². The Morgan fingerprint density at radius 3 is 2.55 bits per heavy atom. The largest absolute Gasteiger partial charge is 0.443 e. The minimum Gasteiger partial charge on any atom is -0.443 e. The molecule has 0 fully saturated rings. The van der Waals surface area contributed by atoms with Crippen LogP contribution in [0.5, 0.6) is 0 Å². The van der Waals surface area contributed by atoms with Crippen LogP contribution in [-0.2, 0) is 4.74 Å². The lowest BCUT2D eigenvalue weighted by molar-refractivity contribution is 0.0324. The number of nitrogen functional groups attached to an aromatic ring is 1. The number of anilines is 1. The predicted octanol–water partition coefficient (Wildman–Crippen LogP) is 3.93. The fraction of sp³-hybridized carbons (Fsp3) is 0.529. The summed E-state index contributed by atoms with van der Waals surface area (Å²) in [7, 11) is 0. The first kappa shape index (κ1) is 18.0. The van der Waals surface area contributed by atoms with Crippen molar-refractivity contribution >= 4 is 11.8 Å². The lowest BCUT2D eigenvalue weighted by Crippen LogP contribution is -2.36. The summed E-state index contributed by atoms with van der Waals surface area (Å²) in [5, 5.41) is 0. The molecule has 1 aromatic rings. The first-order chi connectivity index (χ1) is 10.3. The Balaban J connectivity index is 0.00000116. The average Bonchev–Trinajstić information content (AvgIpc) is 2.48. The molecular formula is C17H27N3O2. The van der Waals surface area contributed by atoms with Gasteiger partial charge in [0.25, 0.3) is 0 Å². The molecule has 1 aliphatic rings. The van der Waals surface area contributed by atoms with Crippen molar-refractivity contribution in [2.45, 2.75) is 52.6 Å². The Morgan fingerprint density at radius 2 is 2.05 bits per heavy atom. The van der Waals surface area contributed by atoms with Gasteiger partial charge >= 0.3 is 6.09 Å². The maximum Gasteiger partial charge on any atom is 0.414 e. The monoisotopic (exact) mass is 305 g/mol. The van der Waals surface area contributed by atoms with Crippen molar-refractivity contribution in [3.05, 3.63) is 36.3 Å². The highest BCUT2D eigenvalue weighted by molar-refractivity contribution is 5.69. The minimum atomic E-state index is -0.473. The van der Waals surface area contributed by atoms with Gasteiger partial charge in [0.2, 0.25) is 0 Å². The Kier molecular flexibility index (Phi) is 6.40. The third-order valence-electron chi connectivity index (χ3n) is 3.02. The summed E-state index contributed by atoms with van der Waals surface area (Å²) in [6, 6.07) is 1.92. The van der Waals surface area contributed by atoms with Gasteiger partial charge in [-0.15, -0.1) is 0 Å². The molecule has 1 aromatic heterocycles. The van der Waals surface area contributed by atoms with Crippen molar-refractivity contribution in [3.8, 4) is 0 Å². The van der Waals surface area contributed by atoms with E-state index in [1.54, 1.807) is 17.3 Å². The molecule has 1 amide bonds. The van der Waals surface area contributed by atoms with Gasteiger partial charge in [0.1, 0.15) is 5.60 Å². The van der Waals surface area contributed by atoms with Crippen molar-refractivity contribution in [2.24, 2.45) is 0 Å². The number of rotatable bonds is 1. The first-order valence-corrected chi connectivity index (χ1v) is 7.73. The molecule has 2 N–H and O–H groups in total. The van der Waals surface area contributed by atoms with Crippen LogP contribution >= 0.6 is 0 Å². The highest BCUT2D eigenvalue weighted by atomic mass is 16.6. The van der Waals surface area contributed by atoms with Gasteiger partial charge in [-0.05, 0) is 38.8 Å². The molecule has 0 spiro atoms. The number of carbonyl (C=O) groups excluding carboxylic acids is 1. The summed E-state index contributed by atoms with van der Waals surface area (Å²) >= 11 is 0. The minimum absolute atomic E-state index is 0.240. The second-order valence-electron chi connectivity index (χ2n) is 5.96. The Morgan fingerprint density at radius 1 is 1.36 bits per heavy atom. The van der Waals surface area contributed by atoms with Gasteiger partial charge in [-0.1, -0.05) is 19.9 Å². The predicted molar refractivity (Wildman–Crippen MR) is 89.4 cm³/mol. The second-order valence-corrected chi connectivity index (χ2v) is 5.96. The van der Waals surface area contributed by atoms with Crippen molar-refractivity contribution < 1.29 is 9.53 Å². The van der Waals surface area contributed by atoms with Crippen LogP contribution < -0.4 is 5.73 Å². The van der Waals surface area contributed by atoms with Gasteiger partial charge < -0.3 is 10.5 Å². The number of amides is 1. The van der Waals surface area contributed by atoms with Gasteiger partial charge in [-0.2, -0.15) is 0 Å². The Bertz CT molecular complexity index is 521. The zero-order valence-corrected chi connectivity index (χ0v) is 14.2. The number of ether oxygens (including phenoxy) is 1. The first-order valence-electron chi connectivity index (χ1n) is 7.73. The number of allylic oxidation sites excluding steroid dienone is 1. The van der Waals surface area contributed by atoms with Crippen LogP contribution in [0.4, 0.5) is 10.5 Å². The van der Waals surface area contributed by atoms with Crippen molar-refractivity contribution in [2.75, 3.05) is 12.3 Å². The van der Waals surface area contributed by atoms with Crippen LogP contribution in [0.1, 0.15) is 52.5 Å². The molecule has 5 heteroatoms. The van der Waals surface area contributed by atoms with Crippen molar-refractivity contribution in [1.82, 2.24) is 9.88 Å². The summed E-state index contributed by atoms with van der Waals surface area (Å²) < 4.78 is 5.34. The molecular weight excluding hydrogens is 278 g/mol. The normalized spacial score (nSPS) is 17.5. The number of hydrogen-bond acceptors (Lipinski definition) is 4. The molecule has 0 radical (unpaired) electrons. The van der Waals surface area contributed by atoms with Crippen molar-refractivity contribution in [1.29, 1.82) is 0 Å². The van der Waals surface area contributed by atoms with E-state index in [-0.39, 0.29) is 12.0 Å². The number of aromatic nitrogens is 1. The average molecular weight is 305 g/mol. The fourth-order valence-corrected chi connectivity index (χ4v) is 2.09. The maximum atomic E-state index is 11.9. The van der Waals surface area contributed by atoms with E-state index >= 15 is 0 Å². The van der Waals surface area contributed by atoms with Gasteiger partial charge in [-0.3, -0.25) is 9.88 Å². The molecule has 1 unspecified atom stereocenters. The summed E-state index contributed by atoms with van der Waals surface area (Å²) in [5.41, 5.74) is 7.00. The molecule has 0 saturated carbocycles. The van der Waals surface area contributed by atoms with Crippen LogP contribution in [-0.4, -0.2) is 28.1 Å². The molecule has 1 atom stereocenters. The molecule has 2 rings (SSSR count). The SMILES string of the molecule is CC.CC(C)(C)OC(=O)N1C=CC(c2cncc(N)c2)CC1. The Labute approximate surface area is 133 Å². The summed E-state index contributed by atoms with van der Waals surface area (Å²) in [5.74, 6) is 0.240. The molecule has 0 aliphatic carbocycles. The molecule has 22 heavy (non-hydrogen) atoms. The third-order valence-corrected chi connectivity index (χ3v) is 3.02. The van der Waals surface area contributed by atoms with E-state index < -0.39 is 5.60 Å². The zero-order valence-electron chi connectivity index (χ0n) is 14.2. The summed E-state index contributed by atoms with van der Waals surface area (Å²) in [4.78, 5) is 17.6. The number of nitrogens with two attached hydrogens (primary N) is 1. The third kappa shape index (κ3) is 5.39. The quantitative estimate of drug-likeness (QED) is 0.853. The van der Waals surface area contributed by atoms with Crippen LogP contribution in [0.25, 0.3) is 0 Å². The fourth-order valence-electron chi connectivity index (χ4n) is 2.09. The molecule has 0 saturated heterocycles. The van der Waals surface area contributed by atoms with Gasteiger partial charge in [-0.25, -0.2) is 4.79 Å². The summed E-state index contributed by atoms with van der Waals surface area (Å²) in [6.07, 6.45) is 7.74. The van der Waals surface area contributed by atoms with E-state index in [2.05, 4.69) is 4.98 Å². The van der Waals surface area contributed by atoms with Crippen molar-refractivity contribution in [3.63, 3.8) is 0 Å². The molecule has 1 aliphatic heterocycles. The lowest BCUT2D eigenvalue weighted by atomic mass is 9.95. The standard InChI is InChI=1S/C15H21N3O2.C2H6/c1-15(2,3)20-14(19)18-6-4-11(5-7-18)12-8-13(16)10-17-9-12;1-2/h4,6,8-11H,5,7,16H2,1-3H3;1-2H3. The number of nitrogens with zero attached hydrogens (tertiary/aromatic N) is 2. The number of hydrogen-bond donors (Lipinski definition) is 1. The van der Waals surface area contributed by atoms with E-state index in [1.165, 1.54) is 0 Å². The van der Waals surface area contributed by atoms with Gasteiger partial charge in [0.05, 0.1) is 5.69 Å². The zero-order chi connectivity index (χ0) is 16.8. The molecule has 122 valence electrons. The van der Waals surface area contributed by atoms with E-state index in [1.807, 2.05) is 53.0 Å². The molecule has 5 nitrogen and oxygen atoms in total. The smallest absolute Gasteiger partial charge is 0.414 e. The molecule has 2 heterocycles. The van der Waals surface area contributed by atoms with Crippen LogP contribution in [0.2, 0.25) is 0 Å². The van der Waals surface area contributed by atoms with Gasteiger partial charge in [0, 0.05) is 31.1 Å². The second kappa shape index (κ2) is 7.82.